The molecule has 0 radical (unpaired) electrons. The Morgan fingerprint density at radius 2 is 1.62 bits per heavy atom. The fourth-order valence-corrected chi connectivity index (χ4v) is 5.06. The van der Waals surface area contributed by atoms with E-state index in [1.807, 2.05) is 13.8 Å². The summed E-state index contributed by atoms with van der Waals surface area (Å²) in [6, 6.07) is 9.71. The van der Waals surface area contributed by atoms with Crippen LogP contribution in [0.15, 0.2) is 47.4 Å². The van der Waals surface area contributed by atoms with Crippen molar-refractivity contribution in [3.63, 3.8) is 0 Å². The predicted octanol–water partition coefficient (Wildman–Crippen LogP) is 4.53. The molecule has 2 N–H and O–H groups in total. The van der Waals surface area contributed by atoms with Gasteiger partial charge in [0.15, 0.2) is 5.78 Å². The second-order valence-corrected chi connectivity index (χ2v) is 9.45. The number of benzene rings is 2. The Morgan fingerprint density at radius 1 is 1.03 bits per heavy atom. The quantitative estimate of drug-likeness (QED) is 0.570. The number of anilines is 1. The molecule has 2 rings (SSSR count). The molecule has 1 atom stereocenters. The van der Waals surface area contributed by atoms with Crippen molar-refractivity contribution in [2.45, 2.75) is 38.1 Å². The Hall–Kier alpha value is -1.93. The SMILES string of the molecule is CC(=O)c1cccc(NC(=O)[C@H](CC(C)C)NS(=O)(=O)c2c(Cl)cccc2Cl)c1. The zero-order valence-corrected chi connectivity index (χ0v) is 18.5. The van der Waals surface area contributed by atoms with Gasteiger partial charge in [0.2, 0.25) is 15.9 Å². The van der Waals surface area contributed by atoms with Crippen LogP contribution in [-0.2, 0) is 14.8 Å². The standard InChI is InChI=1S/C20H22Cl2N2O4S/c1-12(2)10-18(20(26)23-15-7-4-6-14(11-15)13(3)25)24-29(27,28)19-16(21)8-5-9-17(19)22/h4-9,11-12,18,24H,10H2,1-3H3,(H,23,26)/t18-/m0/s1. The molecule has 156 valence electrons. The molecule has 9 heteroatoms. The second kappa shape index (κ2) is 9.71. The van der Waals surface area contributed by atoms with E-state index in [9.17, 15) is 18.0 Å². The summed E-state index contributed by atoms with van der Waals surface area (Å²) in [5, 5.41) is 2.58. The number of carbonyl (C=O) groups is 2. The molecule has 0 unspecified atom stereocenters. The summed E-state index contributed by atoms with van der Waals surface area (Å²) in [4.78, 5) is 24.1. The van der Waals surface area contributed by atoms with Crippen molar-refractivity contribution in [2.75, 3.05) is 5.32 Å². The second-order valence-electron chi connectivity index (χ2n) is 6.98. The first kappa shape index (κ1) is 23.3. The highest BCUT2D eigenvalue weighted by Crippen LogP contribution is 2.29. The highest BCUT2D eigenvalue weighted by atomic mass is 35.5. The van der Waals surface area contributed by atoms with Gasteiger partial charge >= 0.3 is 0 Å². The van der Waals surface area contributed by atoms with Gasteiger partial charge < -0.3 is 5.32 Å². The molecule has 0 aromatic heterocycles. The van der Waals surface area contributed by atoms with Gasteiger partial charge in [0.1, 0.15) is 10.9 Å². The van der Waals surface area contributed by atoms with Gasteiger partial charge in [-0.05, 0) is 43.5 Å². The fourth-order valence-electron chi connectivity index (χ4n) is 2.71. The maximum Gasteiger partial charge on any atom is 0.244 e. The molecule has 6 nitrogen and oxygen atoms in total. The molecule has 0 aliphatic rings. The molecule has 0 bridgehead atoms. The molecule has 0 saturated carbocycles. The van der Waals surface area contributed by atoms with Crippen LogP contribution in [0.5, 0.6) is 0 Å². The highest BCUT2D eigenvalue weighted by molar-refractivity contribution is 7.89. The number of carbonyl (C=O) groups excluding carboxylic acids is 2. The lowest BCUT2D eigenvalue weighted by Gasteiger charge is -2.21. The zero-order chi connectivity index (χ0) is 21.8. The summed E-state index contributed by atoms with van der Waals surface area (Å²) < 4.78 is 28.1. The number of sulfonamides is 1. The van der Waals surface area contributed by atoms with Crippen LogP contribution >= 0.6 is 23.2 Å². The van der Waals surface area contributed by atoms with E-state index < -0.39 is 22.0 Å². The third kappa shape index (κ3) is 6.27. The van der Waals surface area contributed by atoms with Gasteiger partial charge in [-0.2, -0.15) is 4.72 Å². The molecule has 1 amide bonds. The van der Waals surface area contributed by atoms with Crippen molar-refractivity contribution in [3.8, 4) is 0 Å². The fraction of sp³-hybridized carbons (Fsp3) is 0.300. The number of nitrogens with one attached hydrogen (secondary N) is 2. The van der Waals surface area contributed by atoms with Crippen LogP contribution in [0.4, 0.5) is 5.69 Å². The van der Waals surface area contributed by atoms with Crippen molar-refractivity contribution >= 4 is 50.6 Å². The number of halogens is 2. The average molecular weight is 457 g/mol. The number of Topliss-reactive ketones (excluding diaryl/α,β-unsaturated/α-hetero) is 1. The molecule has 0 fully saturated rings. The summed E-state index contributed by atoms with van der Waals surface area (Å²) in [5.74, 6) is -0.668. The minimum absolute atomic E-state index is 0.0266. The van der Waals surface area contributed by atoms with Crippen molar-refractivity contribution in [1.29, 1.82) is 0 Å². The lowest BCUT2D eigenvalue weighted by Crippen LogP contribution is -2.44. The molecular formula is C20H22Cl2N2O4S. The molecule has 2 aromatic carbocycles. The van der Waals surface area contributed by atoms with Gasteiger partial charge in [0.05, 0.1) is 10.0 Å². The van der Waals surface area contributed by atoms with Crippen LogP contribution in [0, 0.1) is 5.92 Å². The Balaban J connectivity index is 2.30. The Kier molecular flexibility index (Phi) is 7.82. The third-order valence-electron chi connectivity index (χ3n) is 4.05. The summed E-state index contributed by atoms with van der Waals surface area (Å²) >= 11 is 12.0. The molecular weight excluding hydrogens is 435 g/mol. The topological polar surface area (TPSA) is 92.3 Å². The monoisotopic (exact) mass is 456 g/mol. The van der Waals surface area contributed by atoms with E-state index in [0.717, 1.165) is 0 Å². The van der Waals surface area contributed by atoms with Gasteiger partial charge in [-0.1, -0.05) is 55.2 Å². The van der Waals surface area contributed by atoms with Crippen LogP contribution in [0.3, 0.4) is 0 Å². The van der Waals surface area contributed by atoms with Gasteiger partial charge in [-0.25, -0.2) is 8.42 Å². The molecule has 29 heavy (non-hydrogen) atoms. The summed E-state index contributed by atoms with van der Waals surface area (Å²) in [6.45, 7) is 5.16. The highest BCUT2D eigenvalue weighted by Gasteiger charge is 2.29. The Labute approximate surface area is 180 Å². The molecule has 0 spiro atoms. The minimum Gasteiger partial charge on any atom is -0.325 e. The van der Waals surface area contributed by atoms with E-state index in [0.29, 0.717) is 11.3 Å². The molecule has 0 aliphatic heterocycles. The minimum atomic E-state index is -4.15. The van der Waals surface area contributed by atoms with E-state index >= 15 is 0 Å². The normalized spacial score (nSPS) is 12.6. The number of hydrogen-bond acceptors (Lipinski definition) is 4. The molecule has 0 aliphatic carbocycles. The van der Waals surface area contributed by atoms with Crippen molar-refractivity contribution in [2.24, 2.45) is 5.92 Å². The van der Waals surface area contributed by atoms with E-state index in [4.69, 9.17) is 23.2 Å². The smallest absolute Gasteiger partial charge is 0.244 e. The Morgan fingerprint density at radius 3 is 2.17 bits per heavy atom. The number of amides is 1. The van der Waals surface area contributed by atoms with Crippen LogP contribution in [0.1, 0.15) is 37.6 Å². The van der Waals surface area contributed by atoms with Gasteiger partial charge in [0.25, 0.3) is 0 Å². The van der Waals surface area contributed by atoms with E-state index in [1.165, 1.54) is 31.2 Å². The maximum atomic E-state index is 12.9. The van der Waals surface area contributed by atoms with Crippen LogP contribution in [-0.4, -0.2) is 26.2 Å². The maximum absolute atomic E-state index is 12.9. The van der Waals surface area contributed by atoms with Crippen molar-refractivity contribution in [3.05, 3.63) is 58.1 Å². The number of ketones is 1. The van der Waals surface area contributed by atoms with Crippen molar-refractivity contribution < 1.29 is 18.0 Å². The van der Waals surface area contributed by atoms with Gasteiger partial charge in [-0.3, -0.25) is 9.59 Å². The van der Waals surface area contributed by atoms with E-state index in [2.05, 4.69) is 10.0 Å². The van der Waals surface area contributed by atoms with Gasteiger partial charge in [0, 0.05) is 11.3 Å². The van der Waals surface area contributed by atoms with Crippen LogP contribution < -0.4 is 10.0 Å². The summed E-state index contributed by atoms with van der Waals surface area (Å²) in [7, 11) is -4.15. The third-order valence-corrected chi connectivity index (χ3v) is 6.47. The number of hydrogen-bond donors (Lipinski definition) is 2. The molecule has 0 saturated heterocycles. The summed E-state index contributed by atoms with van der Waals surface area (Å²) in [5.41, 5.74) is 0.832. The first-order valence-corrected chi connectivity index (χ1v) is 11.1. The van der Waals surface area contributed by atoms with Gasteiger partial charge in [-0.15, -0.1) is 0 Å². The van der Waals surface area contributed by atoms with Crippen LogP contribution in [0.2, 0.25) is 10.0 Å². The zero-order valence-electron chi connectivity index (χ0n) is 16.2. The predicted molar refractivity (Wildman–Crippen MR) is 115 cm³/mol. The molecule has 0 heterocycles. The summed E-state index contributed by atoms with van der Waals surface area (Å²) in [6.07, 6.45) is 0.250. The van der Waals surface area contributed by atoms with Crippen LogP contribution in [0.25, 0.3) is 0 Å². The van der Waals surface area contributed by atoms with E-state index in [1.54, 1.807) is 18.2 Å². The lowest BCUT2D eigenvalue weighted by molar-refractivity contribution is -0.118. The van der Waals surface area contributed by atoms with Crippen molar-refractivity contribution in [1.82, 2.24) is 4.72 Å². The largest absolute Gasteiger partial charge is 0.325 e. The first-order valence-electron chi connectivity index (χ1n) is 8.89. The number of rotatable bonds is 8. The first-order chi connectivity index (χ1) is 13.5. The lowest BCUT2D eigenvalue weighted by atomic mass is 10.0. The van der Waals surface area contributed by atoms with E-state index in [-0.39, 0.29) is 33.1 Å². The molecule has 2 aromatic rings. The average Bonchev–Trinajstić information content (AvgIpc) is 2.60. The Bertz CT molecular complexity index is 1000.